The average Bonchev–Trinajstić information content (AvgIpc) is 2.45. The van der Waals surface area contributed by atoms with Crippen LogP contribution < -0.4 is 0 Å². The summed E-state index contributed by atoms with van der Waals surface area (Å²) >= 11 is 3.42. The van der Waals surface area contributed by atoms with Crippen molar-refractivity contribution >= 4 is 21.8 Å². The number of nitrogens with zero attached hydrogens (tertiary/aromatic N) is 2. The molecule has 0 saturated carbocycles. The minimum atomic E-state index is 0.148. The van der Waals surface area contributed by atoms with Crippen LogP contribution in [0.4, 0.5) is 0 Å². The first-order valence-corrected chi connectivity index (χ1v) is 8.13. The number of hydrogen-bond acceptors (Lipinski definition) is 2. The van der Waals surface area contributed by atoms with Crippen LogP contribution in [0.15, 0.2) is 28.7 Å². The van der Waals surface area contributed by atoms with Crippen molar-refractivity contribution in [3.8, 4) is 0 Å². The summed E-state index contributed by atoms with van der Waals surface area (Å²) in [5.74, 6) is 0.895. The van der Waals surface area contributed by atoms with Gasteiger partial charge in [-0.1, -0.05) is 35.8 Å². The van der Waals surface area contributed by atoms with Crippen LogP contribution in [0.25, 0.3) is 0 Å². The van der Waals surface area contributed by atoms with Gasteiger partial charge in [-0.3, -0.25) is 9.69 Å². The lowest BCUT2D eigenvalue weighted by Gasteiger charge is -2.35. The van der Waals surface area contributed by atoms with E-state index < -0.39 is 0 Å². The number of halogens is 1. The average molecular weight is 339 g/mol. The van der Waals surface area contributed by atoms with E-state index in [0.29, 0.717) is 0 Å². The van der Waals surface area contributed by atoms with Crippen molar-refractivity contribution in [1.82, 2.24) is 9.80 Å². The molecular weight excluding hydrogens is 316 g/mol. The van der Waals surface area contributed by atoms with Gasteiger partial charge in [0.25, 0.3) is 5.91 Å². The fraction of sp³-hybridized carbons (Fsp3) is 0.562. The van der Waals surface area contributed by atoms with Gasteiger partial charge in [0, 0.05) is 36.2 Å². The molecule has 0 aromatic heterocycles. The number of carbonyl (C=O) groups is 1. The van der Waals surface area contributed by atoms with Crippen molar-refractivity contribution in [2.75, 3.05) is 32.7 Å². The monoisotopic (exact) mass is 338 g/mol. The third kappa shape index (κ3) is 4.32. The summed E-state index contributed by atoms with van der Waals surface area (Å²) in [6, 6.07) is 7.64. The summed E-state index contributed by atoms with van der Waals surface area (Å²) in [5, 5.41) is 0. The lowest BCUT2D eigenvalue weighted by molar-refractivity contribution is 0.0632. The summed E-state index contributed by atoms with van der Waals surface area (Å²) < 4.78 is 0.957. The summed E-state index contributed by atoms with van der Waals surface area (Å²) in [6.07, 6.45) is 1.24. The van der Waals surface area contributed by atoms with E-state index in [-0.39, 0.29) is 5.91 Å². The van der Waals surface area contributed by atoms with Crippen molar-refractivity contribution in [1.29, 1.82) is 0 Å². The van der Waals surface area contributed by atoms with Gasteiger partial charge in [0.15, 0.2) is 0 Å². The van der Waals surface area contributed by atoms with E-state index in [1.165, 1.54) is 6.42 Å². The summed E-state index contributed by atoms with van der Waals surface area (Å²) in [7, 11) is 0. The second kappa shape index (κ2) is 7.23. The Kier molecular flexibility index (Phi) is 5.61. The van der Waals surface area contributed by atoms with Crippen LogP contribution >= 0.6 is 15.9 Å². The number of benzene rings is 1. The van der Waals surface area contributed by atoms with Crippen molar-refractivity contribution in [2.24, 2.45) is 5.92 Å². The summed E-state index contributed by atoms with van der Waals surface area (Å²) in [5.41, 5.74) is 0.773. The lowest BCUT2D eigenvalue weighted by atomic mass is 10.1. The molecule has 20 heavy (non-hydrogen) atoms. The fourth-order valence-corrected chi connectivity index (χ4v) is 2.82. The number of rotatable bonds is 4. The molecule has 2 rings (SSSR count). The van der Waals surface area contributed by atoms with Gasteiger partial charge in [-0.05, 0) is 37.1 Å². The third-order valence-electron chi connectivity index (χ3n) is 3.75. The number of carbonyl (C=O) groups excluding carboxylic acids is 1. The molecule has 110 valence electrons. The smallest absolute Gasteiger partial charge is 0.253 e. The summed E-state index contributed by atoms with van der Waals surface area (Å²) in [6.45, 7) is 9.32. The fourth-order valence-electron chi connectivity index (χ4n) is 2.42. The first kappa shape index (κ1) is 15.5. The first-order chi connectivity index (χ1) is 9.56. The Bertz CT molecular complexity index is 454. The van der Waals surface area contributed by atoms with Crippen LogP contribution in [0, 0.1) is 5.92 Å². The van der Waals surface area contributed by atoms with E-state index in [2.05, 4.69) is 34.7 Å². The SMILES string of the molecule is CC(C)CCN1CCN(C(=O)c2cccc(Br)c2)CC1. The van der Waals surface area contributed by atoms with Gasteiger partial charge < -0.3 is 4.90 Å². The van der Waals surface area contributed by atoms with Crippen molar-refractivity contribution in [2.45, 2.75) is 20.3 Å². The highest BCUT2D eigenvalue weighted by molar-refractivity contribution is 9.10. The molecule has 0 bridgehead atoms. The van der Waals surface area contributed by atoms with Crippen LogP contribution in [-0.4, -0.2) is 48.4 Å². The van der Waals surface area contributed by atoms with Gasteiger partial charge in [0.2, 0.25) is 0 Å². The second-order valence-electron chi connectivity index (χ2n) is 5.83. The minimum Gasteiger partial charge on any atom is -0.336 e. The predicted molar refractivity (Wildman–Crippen MR) is 85.9 cm³/mol. The van der Waals surface area contributed by atoms with E-state index in [1.54, 1.807) is 0 Å². The largest absolute Gasteiger partial charge is 0.336 e. The van der Waals surface area contributed by atoms with E-state index in [1.807, 2.05) is 29.2 Å². The Labute approximate surface area is 130 Å². The highest BCUT2D eigenvalue weighted by Crippen LogP contribution is 2.15. The van der Waals surface area contributed by atoms with E-state index in [4.69, 9.17) is 0 Å². The van der Waals surface area contributed by atoms with Gasteiger partial charge in [-0.25, -0.2) is 0 Å². The maximum atomic E-state index is 12.4. The molecule has 1 heterocycles. The van der Waals surface area contributed by atoms with Gasteiger partial charge in [-0.2, -0.15) is 0 Å². The van der Waals surface area contributed by atoms with Gasteiger partial charge in [-0.15, -0.1) is 0 Å². The normalized spacial score (nSPS) is 16.7. The maximum Gasteiger partial charge on any atom is 0.253 e. The van der Waals surface area contributed by atoms with E-state index in [0.717, 1.165) is 48.7 Å². The predicted octanol–water partition coefficient (Wildman–Crippen LogP) is 3.25. The maximum absolute atomic E-state index is 12.4. The molecule has 0 N–H and O–H groups in total. The molecule has 0 radical (unpaired) electrons. The Morgan fingerprint density at radius 3 is 2.55 bits per heavy atom. The van der Waals surface area contributed by atoms with Gasteiger partial charge in [0.1, 0.15) is 0 Å². The van der Waals surface area contributed by atoms with E-state index in [9.17, 15) is 4.79 Å². The quantitative estimate of drug-likeness (QED) is 0.841. The highest BCUT2D eigenvalue weighted by Gasteiger charge is 2.21. The zero-order valence-corrected chi connectivity index (χ0v) is 13.9. The van der Waals surface area contributed by atoms with Crippen LogP contribution in [0.3, 0.4) is 0 Å². The topological polar surface area (TPSA) is 23.6 Å². The Morgan fingerprint density at radius 2 is 1.95 bits per heavy atom. The van der Waals surface area contributed by atoms with Crippen molar-refractivity contribution in [3.05, 3.63) is 34.3 Å². The third-order valence-corrected chi connectivity index (χ3v) is 4.25. The molecule has 3 nitrogen and oxygen atoms in total. The molecule has 4 heteroatoms. The molecule has 1 saturated heterocycles. The van der Waals surface area contributed by atoms with Crippen molar-refractivity contribution < 1.29 is 4.79 Å². The van der Waals surface area contributed by atoms with E-state index >= 15 is 0 Å². The van der Waals surface area contributed by atoms with Gasteiger partial charge >= 0.3 is 0 Å². The summed E-state index contributed by atoms with van der Waals surface area (Å²) in [4.78, 5) is 16.8. The Balaban J connectivity index is 1.86. The van der Waals surface area contributed by atoms with Crippen LogP contribution in [0.1, 0.15) is 30.6 Å². The highest BCUT2D eigenvalue weighted by atomic mass is 79.9. The molecule has 0 unspecified atom stereocenters. The molecule has 1 aromatic carbocycles. The van der Waals surface area contributed by atoms with Crippen LogP contribution in [-0.2, 0) is 0 Å². The van der Waals surface area contributed by atoms with Crippen LogP contribution in [0.5, 0.6) is 0 Å². The second-order valence-corrected chi connectivity index (χ2v) is 6.74. The molecule has 0 spiro atoms. The molecule has 1 aliphatic rings. The number of piperazine rings is 1. The minimum absolute atomic E-state index is 0.148. The van der Waals surface area contributed by atoms with Crippen molar-refractivity contribution in [3.63, 3.8) is 0 Å². The molecule has 1 aromatic rings. The molecule has 1 fully saturated rings. The molecule has 0 atom stereocenters. The molecule has 0 aliphatic carbocycles. The lowest BCUT2D eigenvalue weighted by Crippen LogP contribution is -2.49. The molecule has 1 aliphatic heterocycles. The zero-order valence-electron chi connectivity index (χ0n) is 12.3. The standard InChI is InChI=1S/C16H23BrN2O/c1-13(2)6-7-18-8-10-19(11-9-18)16(20)14-4-3-5-15(17)12-14/h3-5,12-13H,6-11H2,1-2H3. The van der Waals surface area contributed by atoms with Crippen LogP contribution in [0.2, 0.25) is 0 Å². The first-order valence-electron chi connectivity index (χ1n) is 7.33. The van der Waals surface area contributed by atoms with Gasteiger partial charge in [0.05, 0.1) is 0 Å². The molecule has 1 amide bonds. The number of hydrogen-bond donors (Lipinski definition) is 0. The Hall–Kier alpha value is -0.870. The Morgan fingerprint density at radius 1 is 1.25 bits per heavy atom. The number of amides is 1. The zero-order chi connectivity index (χ0) is 14.5. The molecular formula is C16H23BrN2O.